The van der Waals surface area contributed by atoms with Gasteiger partial charge in [0.05, 0.1) is 16.8 Å². The van der Waals surface area contributed by atoms with Crippen molar-refractivity contribution in [3.05, 3.63) is 62.4 Å². The minimum Gasteiger partial charge on any atom is -0.348 e. The summed E-state index contributed by atoms with van der Waals surface area (Å²) in [6.45, 7) is 3.55. The molecule has 1 fully saturated rings. The molecule has 1 N–H and O–H groups in total. The third kappa shape index (κ3) is 4.28. The van der Waals surface area contributed by atoms with Crippen LogP contribution in [-0.2, 0) is 17.8 Å². The van der Waals surface area contributed by atoms with E-state index in [1.165, 1.54) is 10.7 Å². The Kier molecular flexibility index (Phi) is 6.07. The molecule has 1 aliphatic rings. The van der Waals surface area contributed by atoms with Crippen LogP contribution in [0.5, 0.6) is 0 Å². The van der Waals surface area contributed by atoms with Crippen molar-refractivity contribution in [1.82, 2.24) is 24.6 Å². The van der Waals surface area contributed by atoms with Crippen molar-refractivity contribution in [3.8, 4) is 0 Å². The van der Waals surface area contributed by atoms with Gasteiger partial charge in [0.25, 0.3) is 11.1 Å². The summed E-state index contributed by atoms with van der Waals surface area (Å²) in [5.41, 5.74) is 1.18. The van der Waals surface area contributed by atoms with Gasteiger partial charge in [0.2, 0.25) is 11.9 Å². The molecular formula is C23H28N6O3. The fraction of sp³-hybridized carbons (Fsp3) is 0.435. The number of benzene rings is 1. The fourth-order valence-corrected chi connectivity index (χ4v) is 4.20. The number of carbonyl (C=O) groups is 1. The molecule has 9 nitrogen and oxygen atoms in total. The molecule has 3 heterocycles. The van der Waals surface area contributed by atoms with Gasteiger partial charge >= 0.3 is 0 Å². The Morgan fingerprint density at radius 1 is 1.22 bits per heavy atom. The molecule has 9 heteroatoms. The molecule has 4 rings (SSSR count). The van der Waals surface area contributed by atoms with Gasteiger partial charge in [-0.05, 0) is 19.4 Å². The number of nitrogens with one attached hydrogen (secondary N) is 1. The van der Waals surface area contributed by atoms with E-state index in [-0.39, 0.29) is 22.9 Å². The van der Waals surface area contributed by atoms with Crippen molar-refractivity contribution < 1.29 is 4.79 Å². The Morgan fingerprint density at radius 2 is 1.97 bits per heavy atom. The van der Waals surface area contributed by atoms with Crippen molar-refractivity contribution >= 4 is 22.6 Å². The number of anilines is 1. The number of H-pyrrole nitrogens is 1. The Balaban J connectivity index is 1.47. The summed E-state index contributed by atoms with van der Waals surface area (Å²) in [6.07, 6.45) is 1.56. The van der Waals surface area contributed by atoms with Crippen molar-refractivity contribution in [2.75, 3.05) is 32.1 Å². The highest BCUT2D eigenvalue weighted by Gasteiger charge is 2.29. The largest absolute Gasteiger partial charge is 0.348 e. The SMILES string of the molecule is CCn1nc(CCC(=O)N2CC[C@H](c3cc(=O)[nH]c(N(C)C)n3)C2)c2ccccc2c1=O. The normalized spacial score (nSPS) is 16.0. The van der Waals surface area contributed by atoms with E-state index in [2.05, 4.69) is 15.1 Å². The molecule has 32 heavy (non-hydrogen) atoms. The third-order valence-corrected chi connectivity index (χ3v) is 5.95. The van der Waals surface area contributed by atoms with Gasteiger partial charge in [-0.1, -0.05) is 18.2 Å². The van der Waals surface area contributed by atoms with Crippen LogP contribution < -0.4 is 16.0 Å². The van der Waals surface area contributed by atoms with E-state index < -0.39 is 0 Å². The Hall–Kier alpha value is -3.49. The Morgan fingerprint density at radius 3 is 2.69 bits per heavy atom. The molecule has 0 bridgehead atoms. The summed E-state index contributed by atoms with van der Waals surface area (Å²) in [5, 5.41) is 5.93. The summed E-state index contributed by atoms with van der Waals surface area (Å²) in [6, 6.07) is 8.94. The molecule has 3 aromatic rings. The topological polar surface area (TPSA) is 104 Å². The van der Waals surface area contributed by atoms with Crippen LogP contribution in [0.1, 0.15) is 37.1 Å². The number of aromatic nitrogens is 4. The predicted octanol–water partition coefficient (Wildman–Crippen LogP) is 1.51. The number of likely N-dealkylation sites (tertiary alicyclic amines) is 1. The quantitative estimate of drug-likeness (QED) is 0.628. The average molecular weight is 437 g/mol. The first-order valence-corrected chi connectivity index (χ1v) is 10.9. The number of nitrogens with zero attached hydrogens (tertiary/aromatic N) is 5. The molecule has 1 aliphatic heterocycles. The zero-order valence-corrected chi connectivity index (χ0v) is 18.7. The molecule has 1 amide bonds. The molecule has 0 radical (unpaired) electrons. The van der Waals surface area contributed by atoms with Gasteiger partial charge in [0.1, 0.15) is 0 Å². The summed E-state index contributed by atoms with van der Waals surface area (Å²) < 4.78 is 1.45. The molecule has 0 saturated carbocycles. The lowest BCUT2D eigenvalue weighted by molar-refractivity contribution is -0.130. The van der Waals surface area contributed by atoms with E-state index in [9.17, 15) is 14.4 Å². The molecule has 0 unspecified atom stereocenters. The number of fused-ring (bicyclic) bond motifs is 1. The summed E-state index contributed by atoms with van der Waals surface area (Å²) >= 11 is 0. The van der Waals surface area contributed by atoms with Gasteiger partial charge in [0.15, 0.2) is 0 Å². The second-order valence-electron chi connectivity index (χ2n) is 8.33. The van der Waals surface area contributed by atoms with Crippen LogP contribution in [-0.4, -0.2) is 57.7 Å². The lowest BCUT2D eigenvalue weighted by Crippen LogP contribution is -2.29. The van der Waals surface area contributed by atoms with E-state index >= 15 is 0 Å². The van der Waals surface area contributed by atoms with Crippen molar-refractivity contribution in [2.45, 2.75) is 38.6 Å². The number of rotatable bonds is 6. The lowest BCUT2D eigenvalue weighted by Gasteiger charge is -2.18. The van der Waals surface area contributed by atoms with Crippen LogP contribution in [0.15, 0.2) is 39.9 Å². The molecule has 1 aromatic carbocycles. The number of aromatic amines is 1. The molecule has 1 saturated heterocycles. The van der Waals surface area contributed by atoms with E-state index in [0.29, 0.717) is 43.8 Å². The fourth-order valence-electron chi connectivity index (χ4n) is 4.20. The minimum atomic E-state index is -0.188. The second-order valence-corrected chi connectivity index (χ2v) is 8.33. The van der Waals surface area contributed by atoms with Crippen LogP contribution in [0.3, 0.4) is 0 Å². The van der Waals surface area contributed by atoms with E-state index in [1.54, 1.807) is 11.0 Å². The highest BCUT2D eigenvalue weighted by atomic mass is 16.2. The maximum Gasteiger partial charge on any atom is 0.274 e. The maximum absolute atomic E-state index is 12.9. The van der Waals surface area contributed by atoms with Crippen molar-refractivity contribution in [2.24, 2.45) is 0 Å². The number of hydrogen-bond donors (Lipinski definition) is 1. The summed E-state index contributed by atoms with van der Waals surface area (Å²) in [5.74, 6) is 0.604. The van der Waals surface area contributed by atoms with Crippen LogP contribution in [0.2, 0.25) is 0 Å². The molecule has 2 aromatic heterocycles. The van der Waals surface area contributed by atoms with Crippen LogP contribution in [0, 0.1) is 0 Å². The van der Waals surface area contributed by atoms with E-state index in [1.807, 2.05) is 44.1 Å². The molecular weight excluding hydrogens is 408 g/mol. The third-order valence-electron chi connectivity index (χ3n) is 5.95. The van der Waals surface area contributed by atoms with Gasteiger partial charge in [-0.15, -0.1) is 0 Å². The molecule has 0 aliphatic carbocycles. The minimum absolute atomic E-state index is 0.0425. The van der Waals surface area contributed by atoms with Gasteiger partial charge in [-0.25, -0.2) is 9.67 Å². The van der Waals surface area contributed by atoms with Crippen LogP contribution in [0.4, 0.5) is 5.95 Å². The Bertz CT molecular complexity index is 1260. The predicted molar refractivity (Wildman–Crippen MR) is 123 cm³/mol. The number of amides is 1. The van der Waals surface area contributed by atoms with Crippen LogP contribution in [0.25, 0.3) is 10.8 Å². The summed E-state index contributed by atoms with van der Waals surface area (Å²) in [7, 11) is 3.65. The first-order chi connectivity index (χ1) is 15.4. The zero-order chi connectivity index (χ0) is 22.8. The molecule has 1 atom stereocenters. The van der Waals surface area contributed by atoms with Crippen molar-refractivity contribution in [3.63, 3.8) is 0 Å². The van der Waals surface area contributed by atoms with Gasteiger partial charge in [-0.3, -0.25) is 19.4 Å². The lowest BCUT2D eigenvalue weighted by atomic mass is 10.0. The van der Waals surface area contributed by atoms with Crippen molar-refractivity contribution in [1.29, 1.82) is 0 Å². The standard InChI is InChI=1S/C23H28N6O3/c1-4-29-22(32)17-8-6-5-7-16(17)18(26-29)9-10-21(31)28-12-11-15(14-28)19-13-20(30)25-23(24-19)27(2)3/h5-8,13,15H,4,9-12,14H2,1-3H3,(H,24,25,30)/t15-/m0/s1. The molecule has 0 spiro atoms. The highest BCUT2D eigenvalue weighted by Crippen LogP contribution is 2.26. The van der Waals surface area contributed by atoms with Gasteiger partial charge in [0, 0.05) is 63.9 Å². The first kappa shape index (κ1) is 21.7. The average Bonchev–Trinajstić information content (AvgIpc) is 3.29. The smallest absolute Gasteiger partial charge is 0.274 e. The maximum atomic E-state index is 12.9. The van der Waals surface area contributed by atoms with Crippen LogP contribution >= 0.6 is 0 Å². The second kappa shape index (κ2) is 8.94. The monoisotopic (exact) mass is 436 g/mol. The van der Waals surface area contributed by atoms with Gasteiger partial charge in [-0.2, -0.15) is 5.10 Å². The highest BCUT2D eigenvalue weighted by molar-refractivity contribution is 5.84. The van der Waals surface area contributed by atoms with E-state index in [4.69, 9.17) is 0 Å². The van der Waals surface area contributed by atoms with E-state index in [0.717, 1.165) is 23.2 Å². The van der Waals surface area contributed by atoms with Gasteiger partial charge < -0.3 is 9.80 Å². The number of hydrogen-bond acceptors (Lipinski definition) is 6. The number of aryl methyl sites for hydroxylation is 2. The zero-order valence-electron chi connectivity index (χ0n) is 18.7. The first-order valence-electron chi connectivity index (χ1n) is 10.9. The summed E-state index contributed by atoms with van der Waals surface area (Å²) in [4.78, 5) is 48.3. The number of carbonyl (C=O) groups excluding carboxylic acids is 1. The molecule has 168 valence electrons. The Labute approximate surface area is 185 Å².